The summed E-state index contributed by atoms with van der Waals surface area (Å²) < 4.78 is 17.8. The minimum atomic E-state index is -0.792. The highest BCUT2D eigenvalue weighted by Crippen LogP contribution is 2.25. The molecule has 3 nitrogen and oxygen atoms in total. The van der Waals surface area contributed by atoms with Gasteiger partial charge in [-0.1, -0.05) is 31.9 Å². The first-order chi connectivity index (χ1) is 9.70. The van der Waals surface area contributed by atoms with Gasteiger partial charge in [-0.2, -0.15) is 0 Å². The maximum Gasteiger partial charge on any atom is 0.119 e. The van der Waals surface area contributed by atoms with Gasteiger partial charge in [0.25, 0.3) is 0 Å². The van der Waals surface area contributed by atoms with Gasteiger partial charge < -0.3 is 10.5 Å². The first kappa shape index (κ1) is 15.5. The first-order valence-corrected chi connectivity index (χ1v) is 8.94. The highest BCUT2D eigenvalue weighted by atomic mass is 32.2. The largest absolute Gasteiger partial charge is 0.494 e. The van der Waals surface area contributed by atoms with Gasteiger partial charge >= 0.3 is 0 Å². The Morgan fingerprint density at radius 3 is 2.55 bits per heavy atom. The van der Waals surface area contributed by atoms with Crippen LogP contribution in [0.25, 0.3) is 0 Å². The van der Waals surface area contributed by atoms with E-state index < -0.39 is 10.8 Å². The molecule has 1 fully saturated rings. The van der Waals surface area contributed by atoms with E-state index in [0.29, 0.717) is 11.0 Å². The second kappa shape index (κ2) is 7.79. The van der Waals surface area contributed by atoms with Crippen molar-refractivity contribution in [3.05, 3.63) is 29.8 Å². The average molecular weight is 295 g/mol. The SMILES string of the molecule is CCCOc1ccc(C(N)CS(=O)C2CCCC2)cc1. The van der Waals surface area contributed by atoms with Crippen LogP contribution in [0.3, 0.4) is 0 Å². The summed E-state index contributed by atoms with van der Waals surface area (Å²) in [7, 11) is -0.792. The average Bonchev–Trinajstić information content (AvgIpc) is 3.00. The van der Waals surface area contributed by atoms with Crippen molar-refractivity contribution in [1.82, 2.24) is 0 Å². The Hall–Kier alpha value is -0.870. The van der Waals surface area contributed by atoms with Crippen LogP contribution in [0.1, 0.15) is 50.6 Å². The van der Waals surface area contributed by atoms with Crippen LogP contribution >= 0.6 is 0 Å². The highest BCUT2D eigenvalue weighted by molar-refractivity contribution is 7.85. The molecule has 4 heteroatoms. The fourth-order valence-corrected chi connectivity index (χ4v) is 4.27. The summed E-state index contributed by atoms with van der Waals surface area (Å²) in [5.41, 5.74) is 7.22. The van der Waals surface area contributed by atoms with E-state index in [9.17, 15) is 4.21 Å². The molecule has 20 heavy (non-hydrogen) atoms. The minimum Gasteiger partial charge on any atom is -0.494 e. The van der Waals surface area contributed by atoms with E-state index in [1.807, 2.05) is 24.3 Å². The van der Waals surface area contributed by atoms with Gasteiger partial charge in [0, 0.05) is 27.8 Å². The normalized spacial score (nSPS) is 18.9. The predicted octanol–water partition coefficient (Wildman–Crippen LogP) is 3.17. The van der Waals surface area contributed by atoms with Crippen LogP contribution < -0.4 is 10.5 Å². The molecular weight excluding hydrogens is 270 g/mol. The molecule has 2 N–H and O–H groups in total. The predicted molar refractivity (Wildman–Crippen MR) is 84.4 cm³/mol. The number of hydrogen-bond acceptors (Lipinski definition) is 3. The molecule has 0 bridgehead atoms. The van der Waals surface area contributed by atoms with Crippen molar-refractivity contribution in [2.45, 2.75) is 50.3 Å². The topological polar surface area (TPSA) is 52.3 Å². The van der Waals surface area contributed by atoms with Crippen LogP contribution in [0, 0.1) is 0 Å². The molecule has 2 unspecified atom stereocenters. The van der Waals surface area contributed by atoms with Gasteiger partial charge in [-0.3, -0.25) is 4.21 Å². The lowest BCUT2D eigenvalue weighted by atomic mass is 10.1. The van der Waals surface area contributed by atoms with Gasteiger partial charge in [0.15, 0.2) is 0 Å². The van der Waals surface area contributed by atoms with E-state index in [1.54, 1.807) is 0 Å². The van der Waals surface area contributed by atoms with E-state index in [2.05, 4.69) is 6.92 Å². The van der Waals surface area contributed by atoms with E-state index in [-0.39, 0.29) is 6.04 Å². The smallest absolute Gasteiger partial charge is 0.119 e. The molecule has 0 spiro atoms. The van der Waals surface area contributed by atoms with E-state index in [4.69, 9.17) is 10.5 Å². The summed E-state index contributed by atoms with van der Waals surface area (Å²) in [4.78, 5) is 0. The molecule has 0 amide bonds. The Morgan fingerprint density at radius 1 is 1.30 bits per heavy atom. The maximum atomic E-state index is 12.2. The van der Waals surface area contributed by atoms with Gasteiger partial charge in [0.1, 0.15) is 5.75 Å². The van der Waals surface area contributed by atoms with Gasteiger partial charge in [-0.15, -0.1) is 0 Å². The molecule has 112 valence electrons. The van der Waals surface area contributed by atoms with Crippen molar-refractivity contribution in [2.75, 3.05) is 12.4 Å². The third-order valence-corrected chi connectivity index (χ3v) is 5.70. The monoisotopic (exact) mass is 295 g/mol. The summed E-state index contributed by atoms with van der Waals surface area (Å²) in [6.45, 7) is 2.82. The molecule has 0 saturated heterocycles. The molecule has 1 saturated carbocycles. The highest BCUT2D eigenvalue weighted by Gasteiger charge is 2.23. The van der Waals surface area contributed by atoms with Crippen molar-refractivity contribution >= 4 is 10.8 Å². The van der Waals surface area contributed by atoms with E-state index in [0.717, 1.165) is 37.2 Å². The molecule has 1 aliphatic rings. The van der Waals surface area contributed by atoms with Crippen LogP contribution in [0.5, 0.6) is 5.75 Å². The van der Waals surface area contributed by atoms with Crippen molar-refractivity contribution in [3.8, 4) is 5.75 Å². The summed E-state index contributed by atoms with van der Waals surface area (Å²) in [5.74, 6) is 1.44. The quantitative estimate of drug-likeness (QED) is 0.840. The molecule has 1 aromatic carbocycles. The molecule has 1 aromatic rings. The molecule has 2 atom stereocenters. The zero-order valence-electron chi connectivity index (χ0n) is 12.2. The Bertz CT molecular complexity index is 427. The van der Waals surface area contributed by atoms with Crippen LogP contribution in [0.2, 0.25) is 0 Å². The zero-order valence-corrected chi connectivity index (χ0v) is 13.0. The van der Waals surface area contributed by atoms with Crippen molar-refractivity contribution in [1.29, 1.82) is 0 Å². The molecule has 2 rings (SSSR count). The first-order valence-electron chi connectivity index (χ1n) is 7.56. The van der Waals surface area contributed by atoms with Gasteiger partial charge in [-0.25, -0.2) is 0 Å². The molecule has 0 radical (unpaired) electrons. The van der Waals surface area contributed by atoms with Crippen molar-refractivity contribution in [3.63, 3.8) is 0 Å². The fraction of sp³-hybridized carbons (Fsp3) is 0.625. The van der Waals surface area contributed by atoms with Crippen LogP contribution in [0.15, 0.2) is 24.3 Å². The minimum absolute atomic E-state index is 0.142. The Labute approximate surface area is 124 Å². The van der Waals surface area contributed by atoms with Gasteiger partial charge in [0.05, 0.1) is 6.61 Å². The number of benzene rings is 1. The Morgan fingerprint density at radius 2 is 1.95 bits per heavy atom. The summed E-state index contributed by atoms with van der Waals surface area (Å²) in [6, 6.07) is 7.73. The third kappa shape index (κ3) is 4.32. The second-order valence-electron chi connectivity index (χ2n) is 5.48. The third-order valence-electron chi connectivity index (χ3n) is 3.80. The number of rotatable bonds is 7. The lowest BCUT2D eigenvalue weighted by Crippen LogP contribution is -2.23. The zero-order chi connectivity index (χ0) is 14.4. The van der Waals surface area contributed by atoms with Crippen LogP contribution in [-0.2, 0) is 10.8 Å². The number of ether oxygens (including phenoxy) is 1. The summed E-state index contributed by atoms with van der Waals surface area (Å²) >= 11 is 0. The lowest BCUT2D eigenvalue weighted by molar-refractivity contribution is 0.317. The lowest BCUT2D eigenvalue weighted by Gasteiger charge is -2.15. The van der Waals surface area contributed by atoms with Gasteiger partial charge in [0.2, 0.25) is 0 Å². The number of nitrogens with two attached hydrogens (primary N) is 1. The van der Waals surface area contributed by atoms with E-state index in [1.165, 1.54) is 12.8 Å². The second-order valence-corrected chi connectivity index (χ2v) is 7.24. The maximum absolute atomic E-state index is 12.2. The molecule has 1 aliphatic carbocycles. The summed E-state index contributed by atoms with van der Waals surface area (Å²) in [5, 5.41) is 0.369. The van der Waals surface area contributed by atoms with Gasteiger partial charge in [-0.05, 0) is 37.0 Å². The molecule has 0 heterocycles. The van der Waals surface area contributed by atoms with Crippen LogP contribution in [-0.4, -0.2) is 21.8 Å². The number of hydrogen-bond donors (Lipinski definition) is 1. The van der Waals surface area contributed by atoms with Crippen molar-refractivity contribution < 1.29 is 8.95 Å². The Kier molecular flexibility index (Phi) is 6.05. The standard InChI is InChI=1S/C16H25NO2S/c1-2-11-19-14-9-7-13(8-10-14)16(17)12-20(18)15-5-3-4-6-15/h7-10,15-16H,2-6,11-12,17H2,1H3. The molecule has 0 aliphatic heterocycles. The Balaban J connectivity index is 1.88. The molecular formula is C16H25NO2S. The fourth-order valence-electron chi connectivity index (χ4n) is 2.59. The van der Waals surface area contributed by atoms with Crippen LogP contribution in [0.4, 0.5) is 0 Å². The molecule has 0 aromatic heterocycles. The van der Waals surface area contributed by atoms with Crippen molar-refractivity contribution in [2.24, 2.45) is 5.73 Å². The van der Waals surface area contributed by atoms with E-state index >= 15 is 0 Å². The summed E-state index contributed by atoms with van der Waals surface area (Å²) in [6.07, 6.45) is 5.64.